The molecule has 5 amide bonds. The zero-order valence-corrected chi connectivity index (χ0v) is 45.9. The van der Waals surface area contributed by atoms with Crippen LogP contribution in [0.5, 0.6) is 0 Å². The maximum atomic E-state index is 14.0. The molecule has 0 radical (unpaired) electrons. The summed E-state index contributed by atoms with van der Waals surface area (Å²) in [6, 6.07) is 13.6. The molecule has 0 saturated carbocycles. The zero-order valence-electron chi connectivity index (χ0n) is 44.3. The Morgan fingerprint density at radius 3 is 2.17 bits per heavy atom. The van der Waals surface area contributed by atoms with Gasteiger partial charge >= 0.3 is 0 Å². The molecule has 0 bridgehead atoms. The van der Waals surface area contributed by atoms with Gasteiger partial charge in [-0.2, -0.15) is 0 Å². The Hall–Kier alpha value is -5.53. The Morgan fingerprint density at radius 1 is 0.800 bits per heavy atom. The van der Waals surface area contributed by atoms with E-state index in [9.17, 15) is 34.2 Å². The number of amides is 5. The summed E-state index contributed by atoms with van der Waals surface area (Å²) in [4.78, 5) is 87.4. The van der Waals surface area contributed by atoms with Crippen LogP contribution in [0.3, 0.4) is 0 Å². The van der Waals surface area contributed by atoms with Crippen molar-refractivity contribution in [2.45, 2.75) is 148 Å². The number of halogens is 1. The highest BCUT2D eigenvalue weighted by atomic mass is 35.5. The molecule has 6 unspecified atom stereocenters. The van der Waals surface area contributed by atoms with Gasteiger partial charge in [-0.25, -0.2) is 15.0 Å². The van der Waals surface area contributed by atoms with Crippen LogP contribution >= 0.6 is 22.9 Å². The summed E-state index contributed by atoms with van der Waals surface area (Å²) in [5.41, 5.74) is 6.69. The number of aryl methyl sites for hydroxylation is 1. The molecular formula is C56H77ClN10O7S. The maximum Gasteiger partial charge on any atom is 0.246 e. The highest BCUT2D eigenvalue weighted by molar-refractivity contribution is 7.13. The number of β-amino-alcohol motifs (C(OH)–C–C–N with tert-alkyl or cyclic N) is 1. The fourth-order valence-corrected chi connectivity index (χ4v) is 11.4. The lowest BCUT2D eigenvalue weighted by molar-refractivity contribution is -0.144. The van der Waals surface area contributed by atoms with Gasteiger partial charge in [0, 0.05) is 88.8 Å². The molecule has 406 valence electrons. The number of thiazole rings is 1. The predicted octanol–water partition coefficient (Wildman–Crippen LogP) is 6.56. The van der Waals surface area contributed by atoms with E-state index < -0.39 is 35.6 Å². The van der Waals surface area contributed by atoms with Crippen molar-refractivity contribution in [2.75, 3.05) is 57.3 Å². The minimum Gasteiger partial charge on any atom is -0.391 e. The maximum absolute atomic E-state index is 14.0. The molecule has 6 N–H and O–H groups in total. The van der Waals surface area contributed by atoms with Crippen molar-refractivity contribution in [3.05, 3.63) is 93.5 Å². The lowest BCUT2D eigenvalue weighted by Gasteiger charge is -2.38. The Balaban J connectivity index is 0.746. The molecule has 19 heteroatoms. The standard InChI is InChI=1S/C56H77ClN10O7S/c1-36-29-45(69)49-48(36)52(62-34-61-49)65-25-27-66(28-26-65)54(73)43(39-18-20-41(57)21-19-39)32-58-24-22-46(70)59-23-12-10-8-6-7-9-11-13-47(71)64-51(56(3,4)5)55(74)67-33-42(68)30-44(67)53(72)60-31-38-14-16-40(17-15-38)50-37(2)63-35-75-50/h14-21,34-36,42-45,51,58,68-69H,6-13,22-33H2,1-5H3,(H,59,70)(H,60,72)(H,64,71). The second kappa shape index (κ2) is 27.0. The van der Waals surface area contributed by atoms with Crippen LogP contribution in [0.4, 0.5) is 5.82 Å². The summed E-state index contributed by atoms with van der Waals surface area (Å²) in [5.74, 6) is -0.396. The van der Waals surface area contributed by atoms with E-state index in [4.69, 9.17) is 11.6 Å². The van der Waals surface area contributed by atoms with Crippen LogP contribution in [0.2, 0.25) is 5.02 Å². The molecule has 6 atom stereocenters. The third-order valence-electron chi connectivity index (χ3n) is 14.7. The third-order valence-corrected chi connectivity index (χ3v) is 16.0. The van der Waals surface area contributed by atoms with Crippen LogP contribution in [-0.2, 0) is 30.5 Å². The molecule has 7 rings (SSSR count). The van der Waals surface area contributed by atoms with Crippen molar-refractivity contribution in [3.8, 4) is 10.4 Å². The van der Waals surface area contributed by atoms with E-state index in [0.29, 0.717) is 75.8 Å². The van der Waals surface area contributed by atoms with Crippen LogP contribution in [0.1, 0.15) is 144 Å². The highest BCUT2D eigenvalue weighted by Crippen LogP contribution is 2.43. The van der Waals surface area contributed by atoms with Crippen molar-refractivity contribution in [3.63, 3.8) is 0 Å². The summed E-state index contributed by atoms with van der Waals surface area (Å²) < 4.78 is 0. The number of aliphatic hydroxyl groups excluding tert-OH is 2. The number of nitrogens with one attached hydrogen (secondary N) is 4. The number of piperazine rings is 1. The van der Waals surface area contributed by atoms with Gasteiger partial charge in [0.25, 0.3) is 0 Å². The average molecular weight is 1070 g/mol. The number of benzene rings is 2. The topological polar surface area (TPSA) is 222 Å². The predicted molar refractivity (Wildman–Crippen MR) is 292 cm³/mol. The Morgan fingerprint density at radius 2 is 1.49 bits per heavy atom. The van der Waals surface area contributed by atoms with Gasteiger partial charge < -0.3 is 46.2 Å². The van der Waals surface area contributed by atoms with E-state index in [1.807, 2.05) is 74.5 Å². The lowest BCUT2D eigenvalue weighted by atomic mass is 9.85. The van der Waals surface area contributed by atoms with Gasteiger partial charge in [0.05, 0.1) is 39.9 Å². The molecular weight excluding hydrogens is 992 g/mol. The Labute approximate surface area is 451 Å². The second-order valence-electron chi connectivity index (χ2n) is 21.5. The summed E-state index contributed by atoms with van der Waals surface area (Å²) in [6.45, 7) is 13.7. The van der Waals surface area contributed by atoms with Crippen molar-refractivity contribution in [1.82, 2.24) is 46.0 Å². The van der Waals surface area contributed by atoms with E-state index in [0.717, 1.165) is 77.2 Å². The van der Waals surface area contributed by atoms with E-state index in [-0.39, 0.29) is 61.4 Å². The minimum atomic E-state index is -0.869. The zero-order chi connectivity index (χ0) is 53.6. The third kappa shape index (κ3) is 15.6. The molecule has 2 aromatic heterocycles. The monoisotopic (exact) mass is 1070 g/mol. The first kappa shape index (κ1) is 57.2. The molecule has 75 heavy (non-hydrogen) atoms. The first-order valence-corrected chi connectivity index (χ1v) is 28.1. The fourth-order valence-electron chi connectivity index (χ4n) is 10.4. The number of unbranched alkanes of at least 4 members (excludes halogenated alkanes) is 6. The molecule has 1 aliphatic carbocycles. The first-order chi connectivity index (χ1) is 36.0. The van der Waals surface area contributed by atoms with Crippen LogP contribution in [0.15, 0.2) is 60.4 Å². The molecule has 17 nitrogen and oxygen atoms in total. The van der Waals surface area contributed by atoms with E-state index in [1.54, 1.807) is 23.5 Å². The number of aromatic nitrogens is 3. The molecule has 0 spiro atoms. The van der Waals surface area contributed by atoms with Gasteiger partial charge in [-0.15, -0.1) is 11.3 Å². The fraction of sp³-hybridized carbons (Fsp3) is 0.571. The molecule has 2 aromatic carbocycles. The highest BCUT2D eigenvalue weighted by Gasteiger charge is 2.44. The average Bonchev–Trinajstić information content (AvgIpc) is 4.10. The Kier molecular flexibility index (Phi) is 20.6. The normalized spacial score (nSPS) is 19.4. The smallest absolute Gasteiger partial charge is 0.246 e. The van der Waals surface area contributed by atoms with Crippen molar-refractivity contribution >= 4 is 58.3 Å². The summed E-state index contributed by atoms with van der Waals surface area (Å²) in [5, 5.41) is 34.0. The van der Waals surface area contributed by atoms with Gasteiger partial charge in [-0.3, -0.25) is 24.0 Å². The van der Waals surface area contributed by atoms with Crippen molar-refractivity contribution in [1.29, 1.82) is 0 Å². The van der Waals surface area contributed by atoms with Crippen molar-refractivity contribution < 1.29 is 34.2 Å². The van der Waals surface area contributed by atoms with Crippen LogP contribution < -0.4 is 26.2 Å². The summed E-state index contributed by atoms with van der Waals surface area (Å²) in [7, 11) is 0. The molecule has 2 fully saturated rings. The SMILES string of the molecule is Cc1ncsc1-c1ccc(CNC(=O)C2CC(O)CN2C(=O)C(NC(=O)CCCCCCCCCNC(=O)CCNCC(C(=O)N2CCN(c3ncnc4c3C(C)CC4O)CC2)c2ccc(Cl)cc2)C(C)(C)C)cc1. The molecule has 4 aromatic rings. The number of hydrogen-bond acceptors (Lipinski definition) is 13. The number of hydrogen-bond donors (Lipinski definition) is 6. The van der Waals surface area contributed by atoms with Crippen LogP contribution in [0, 0.1) is 12.3 Å². The van der Waals surface area contributed by atoms with Gasteiger partial charge in [0.2, 0.25) is 29.5 Å². The van der Waals surface area contributed by atoms with Gasteiger partial charge in [-0.1, -0.05) is 108 Å². The molecule has 2 saturated heterocycles. The van der Waals surface area contributed by atoms with Crippen LogP contribution in [0.25, 0.3) is 10.4 Å². The largest absolute Gasteiger partial charge is 0.391 e. The summed E-state index contributed by atoms with van der Waals surface area (Å²) in [6.07, 6.45) is 7.82. The first-order valence-electron chi connectivity index (χ1n) is 26.8. The molecule has 3 aliphatic rings. The lowest BCUT2D eigenvalue weighted by Crippen LogP contribution is -2.57. The van der Waals surface area contributed by atoms with Crippen molar-refractivity contribution in [2.24, 2.45) is 5.41 Å². The molecule has 4 heterocycles. The quantitative estimate of drug-likeness (QED) is 0.0411. The number of rotatable bonds is 24. The Bertz CT molecular complexity index is 2550. The number of carbonyl (C=O) groups is 5. The van der Waals surface area contributed by atoms with E-state index >= 15 is 0 Å². The van der Waals surface area contributed by atoms with Gasteiger partial charge in [0.15, 0.2) is 0 Å². The van der Waals surface area contributed by atoms with Gasteiger partial charge in [-0.05, 0) is 66.3 Å². The molecule has 2 aliphatic heterocycles. The number of nitrogens with zero attached hydrogens (tertiary/aromatic N) is 6. The number of carbonyl (C=O) groups excluding carboxylic acids is 5. The number of aliphatic hydroxyl groups is 2. The minimum absolute atomic E-state index is 0.0187. The number of anilines is 1. The number of fused-ring (bicyclic) bond motifs is 1. The summed E-state index contributed by atoms with van der Waals surface area (Å²) >= 11 is 7.79. The second-order valence-corrected chi connectivity index (χ2v) is 22.8. The number of likely N-dealkylation sites (tertiary alicyclic amines) is 1. The van der Waals surface area contributed by atoms with Crippen LogP contribution in [-0.4, -0.2) is 135 Å². The van der Waals surface area contributed by atoms with Gasteiger partial charge in [0.1, 0.15) is 24.2 Å². The van der Waals surface area contributed by atoms with E-state index in [2.05, 4.69) is 48.0 Å². The van der Waals surface area contributed by atoms with E-state index in [1.165, 1.54) is 11.2 Å².